The van der Waals surface area contributed by atoms with Gasteiger partial charge in [0.15, 0.2) is 17.4 Å². The first kappa shape index (κ1) is 15.4. The van der Waals surface area contributed by atoms with E-state index in [9.17, 15) is 8.78 Å². The molecule has 0 bridgehead atoms. The van der Waals surface area contributed by atoms with Gasteiger partial charge in [-0.25, -0.2) is 8.78 Å². The van der Waals surface area contributed by atoms with E-state index in [4.69, 9.17) is 10.00 Å². The van der Waals surface area contributed by atoms with Crippen molar-refractivity contribution >= 4 is 0 Å². The van der Waals surface area contributed by atoms with E-state index in [0.29, 0.717) is 13.0 Å². The number of ether oxygens (including phenoxy) is 1. The molecule has 104 valence electrons. The topological polar surface area (TPSA) is 45.0 Å². The van der Waals surface area contributed by atoms with E-state index in [1.807, 2.05) is 6.92 Å². The minimum Gasteiger partial charge on any atom is -0.488 e. The molecule has 0 saturated carbocycles. The van der Waals surface area contributed by atoms with Crippen molar-refractivity contribution in [1.82, 2.24) is 5.32 Å². The number of para-hydroxylation sites is 1. The molecule has 1 aromatic carbocycles. The summed E-state index contributed by atoms with van der Waals surface area (Å²) in [6.07, 6.45) is 1.25. The molecule has 0 spiro atoms. The molecule has 1 N–H and O–H groups in total. The highest BCUT2D eigenvalue weighted by Gasteiger charge is 2.23. The lowest BCUT2D eigenvalue weighted by Gasteiger charge is -2.23. The maximum absolute atomic E-state index is 13.3. The van der Waals surface area contributed by atoms with Gasteiger partial charge in [-0.15, -0.1) is 0 Å². The summed E-state index contributed by atoms with van der Waals surface area (Å²) in [5.41, 5.74) is -0.752. The Labute approximate surface area is 112 Å². The number of rotatable bonds is 7. The number of hydrogen-bond acceptors (Lipinski definition) is 3. The Morgan fingerprint density at radius 1 is 1.37 bits per heavy atom. The van der Waals surface area contributed by atoms with Crippen molar-refractivity contribution in [3.8, 4) is 11.8 Å². The fourth-order valence-corrected chi connectivity index (χ4v) is 1.56. The number of hydrogen-bond donors (Lipinski definition) is 1. The molecular formula is C14H18F2N2O. The van der Waals surface area contributed by atoms with Gasteiger partial charge in [0.1, 0.15) is 5.54 Å². The van der Waals surface area contributed by atoms with Gasteiger partial charge in [0.05, 0.1) is 12.7 Å². The van der Waals surface area contributed by atoms with Crippen LogP contribution in [-0.2, 0) is 0 Å². The van der Waals surface area contributed by atoms with Gasteiger partial charge >= 0.3 is 0 Å². The average Bonchev–Trinajstić information content (AvgIpc) is 2.40. The van der Waals surface area contributed by atoms with Crippen molar-refractivity contribution in [2.75, 3.05) is 13.2 Å². The molecule has 0 fully saturated rings. The summed E-state index contributed by atoms with van der Waals surface area (Å²) < 4.78 is 31.7. The van der Waals surface area contributed by atoms with Crippen LogP contribution in [0.25, 0.3) is 0 Å². The minimum absolute atomic E-state index is 0.0681. The van der Waals surface area contributed by atoms with Crippen molar-refractivity contribution in [2.24, 2.45) is 0 Å². The van der Waals surface area contributed by atoms with E-state index in [1.54, 1.807) is 6.92 Å². The minimum atomic E-state index is -0.752. The predicted octanol–water partition coefficient (Wildman–Crippen LogP) is 3.02. The average molecular weight is 268 g/mol. The van der Waals surface area contributed by atoms with Crippen molar-refractivity contribution in [2.45, 2.75) is 32.2 Å². The number of benzene rings is 1. The molecule has 0 radical (unpaired) electrons. The lowest BCUT2D eigenvalue weighted by atomic mass is 10.0. The first-order valence-electron chi connectivity index (χ1n) is 6.25. The van der Waals surface area contributed by atoms with E-state index in [-0.39, 0.29) is 6.61 Å². The van der Waals surface area contributed by atoms with Crippen LogP contribution in [0.4, 0.5) is 8.78 Å². The summed E-state index contributed by atoms with van der Waals surface area (Å²) in [6, 6.07) is 5.70. The highest BCUT2D eigenvalue weighted by atomic mass is 19.1. The van der Waals surface area contributed by atoms with Crippen molar-refractivity contribution in [1.29, 1.82) is 5.26 Å². The van der Waals surface area contributed by atoms with Gasteiger partial charge in [0.25, 0.3) is 0 Å². The summed E-state index contributed by atoms with van der Waals surface area (Å²) in [5, 5.41) is 12.2. The third-order valence-electron chi connectivity index (χ3n) is 2.78. The third kappa shape index (κ3) is 4.49. The van der Waals surface area contributed by atoms with Crippen LogP contribution in [-0.4, -0.2) is 18.7 Å². The first-order chi connectivity index (χ1) is 9.02. The van der Waals surface area contributed by atoms with Gasteiger partial charge in [-0.3, -0.25) is 5.32 Å². The Bertz CT molecular complexity index is 439. The molecular weight excluding hydrogens is 250 g/mol. The molecule has 3 nitrogen and oxygen atoms in total. The van der Waals surface area contributed by atoms with Gasteiger partial charge in [0, 0.05) is 6.42 Å². The summed E-state index contributed by atoms with van der Waals surface area (Å²) in [4.78, 5) is 0. The Morgan fingerprint density at radius 3 is 2.53 bits per heavy atom. The number of halogens is 2. The highest BCUT2D eigenvalue weighted by molar-refractivity contribution is 5.26. The Kier molecular flexibility index (Phi) is 5.71. The van der Waals surface area contributed by atoms with E-state index >= 15 is 0 Å². The molecule has 1 aromatic rings. The molecule has 0 aliphatic heterocycles. The normalized spacial score (nSPS) is 13.6. The van der Waals surface area contributed by atoms with Gasteiger partial charge in [-0.2, -0.15) is 5.26 Å². The Hall–Kier alpha value is -1.67. The molecule has 0 aliphatic rings. The molecule has 1 unspecified atom stereocenters. The van der Waals surface area contributed by atoms with Crippen molar-refractivity contribution in [3.63, 3.8) is 0 Å². The highest BCUT2D eigenvalue weighted by Crippen LogP contribution is 2.21. The standard InChI is InChI=1S/C14H18F2N2O/c1-3-8-18-14(2,10-17)7-9-19-13-11(15)5-4-6-12(13)16/h4-6,18H,3,7-9H2,1-2H3. The number of nitrogens with one attached hydrogen (secondary N) is 1. The van der Waals surface area contributed by atoms with Gasteiger partial charge in [0.2, 0.25) is 0 Å². The van der Waals surface area contributed by atoms with Crippen LogP contribution in [0.5, 0.6) is 5.75 Å². The zero-order chi connectivity index (χ0) is 14.3. The van der Waals surface area contributed by atoms with Gasteiger partial charge < -0.3 is 4.74 Å². The van der Waals surface area contributed by atoms with E-state index in [1.165, 1.54) is 6.07 Å². The van der Waals surface area contributed by atoms with Crippen LogP contribution in [0.3, 0.4) is 0 Å². The fourth-order valence-electron chi connectivity index (χ4n) is 1.56. The maximum Gasteiger partial charge on any atom is 0.190 e. The fraction of sp³-hybridized carbons (Fsp3) is 0.500. The quantitative estimate of drug-likeness (QED) is 0.826. The van der Waals surface area contributed by atoms with E-state index < -0.39 is 22.9 Å². The molecule has 0 amide bonds. The van der Waals surface area contributed by atoms with Crippen molar-refractivity contribution in [3.05, 3.63) is 29.8 Å². The smallest absolute Gasteiger partial charge is 0.190 e. The van der Waals surface area contributed by atoms with Crippen LogP contribution in [0, 0.1) is 23.0 Å². The van der Waals surface area contributed by atoms with Crippen LogP contribution < -0.4 is 10.1 Å². The number of nitrogens with zero attached hydrogens (tertiary/aromatic N) is 1. The second-order valence-corrected chi connectivity index (χ2v) is 4.52. The summed E-state index contributed by atoms with van der Waals surface area (Å²) in [7, 11) is 0. The van der Waals surface area contributed by atoms with E-state index in [2.05, 4.69) is 11.4 Å². The molecule has 1 atom stereocenters. The van der Waals surface area contributed by atoms with Crippen LogP contribution in [0.2, 0.25) is 0 Å². The van der Waals surface area contributed by atoms with Crippen LogP contribution in [0.15, 0.2) is 18.2 Å². The third-order valence-corrected chi connectivity index (χ3v) is 2.78. The monoisotopic (exact) mass is 268 g/mol. The van der Waals surface area contributed by atoms with E-state index in [0.717, 1.165) is 18.6 Å². The molecule has 19 heavy (non-hydrogen) atoms. The van der Waals surface area contributed by atoms with Crippen molar-refractivity contribution < 1.29 is 13.5 Å². The molecule has 5 heteroatoms. The largest absolute Gasteiger partial charge is 0.488 e. The number of nitriles is 1. The van der Waals surface area contributed by atoms with Crippen LogP contribution >= 0.6 is 0 Å². The molecule has 0 aliphatic carbocycles. The molecule has 0 saturated heterocycles. The summed E-state index contributed by atoms with van der Waals surface area (Å²) >= 11 is 0. The summed E-state index contributed by atoms with van der Waals surface area (Å²) in [5.74, 6) is -1.86. The second kappa shape index (κ2) is 7.05. The lowest BCUT2D eigenvalue weighted by molar-refractivity contribution is 0.247. The SMILES string of the molecule is CCCNC(C)(C#N)CCOc1c(F)cccc1F. The van der Waals surface area contributed by atoms with Crippen LogP contribution in [0.1, 0.15) is 26.7 Å². The molecule has 1 rings (SSSR count). The predicted molar refractivity (Wildman–Crippen MR) is 68.8 cm³/mol. The Balaban J connectivity index is 2.56. The zero-order valence-corrected chi connectivity index (χ0v) is 11.2. The Morgan fingerprint density at radius 2 is 2.00 bits per heavy atom. The first-order valence-corrected chi connectivity index (χ1v) is 6.25. The molecule has 0 heterocycles. The lowest BCUT2D eigenvalue weighted by Crippen LogP contribution is -2.42. The second-order valence-electron chi connectivity index (χ2n) is 4.52. The summed E-state index contributed by atoms with van der Waals surface area (Å²) in [6.45, 7) is 4.51. The zero-order valence-electron chi connectivity index (χ0n) is 11.2. The molecule has 0 aromatic heterocycles. The maximum atomic E-state index is 13.3. The van der Waals surface area contributed by atoms with Gasteiger partial charge in [-0.05, 0) is 32.0 Å². The van der Waals surface area contributed by atoms with Gasteiger partial charge in [-0.1, -0.05) is 13.0 Å².